The number of benzene rings is 2. The number of ether oxygens (including phenoxy) is 1. The van der Waals surface area contributed by atoms with Crippen molar-refractivity contribution in [1.82, 2.24) is 0 Å². The summed E-state index contributed by atoms with van der Waals surface area (Å²) < 4.78 is 6.15. The maximum atomic E-state index is 6.15. The number of hydrogen-bond acceptors (Lipinski definition) is 2. The number of rotatable bonds is 4. The number of hydrogen-bond donors (Lipinski definition) is 0. The molecule has 0 bridgehead atoms. The van der Waals surface area contributed by atoms with Crippen molar-refractivity contribution in [2.75, 3.05) is 6.54 Å². The van der Waals surface area contributed by atoms with Gasteiger partial charge < -0.3 is 4.74 Å². The summed E-state index contributed by atoms with van der Waals surface area (Å²) in [4.78, 5) is 4.53. The van der Waals surface area contributed by atoms with Gasteiger partial charge in [-0.3, -0.25) is 4.99 Å². The minimum Gasteiger partial charge on any atom is -0.484 e. The molecule has 0 saturated heterocycles. The SMILES string of the molecule is C[C@H](Oc1ccccc1-c1ccccc1)C1=NCCC1. The minimum absolute atomic E-state index is 0.0577. The first-order valence-corrected chi connectivity index (χ1v) is 7.19. The van der Waals surface area contributed by atoms with Crippen molar-refractivity contribution >= 4 is 5.71 Å². The van der Waals surface area contributed by atoms with Crippen LogP contribution in [0.2, 0.25) is 0 Å². The molecular weight excluding hydrogens is 246 g/mol. The molecule has 0 aliphatic carbocycles. The Morgan fingerprint density at radius 2 is 1.75 bits per heavy atom. The molecule has 102 valence electrons. The van der Waals surface area contributed by atoms with Gasteiger partial charge in [-0.05, 0) is 31.4 Å². The monoisotopic (exact) mass is 265 g/mol. The third kappa shape index (κ3) is 2.74. The lowest BCUT2D eigenvalue weighted by Gasteiger charge is -2.17. The van der Waals surface area contributed by atoms with E-state index in [1.54, 1.807) is 0 Å². The van der Waals surface area contributed by atoms with Crippen molar-refractivity contribution in [2.45, 2.75) is 25.9 Å². The minimum atomic E-state index is 0.0577. The van der Waals surface area contributed by atoms with Gasteiger partial charge in [0.1, 0.15) is 11.9 Å². The maximum Gasteiger partial charge on any atom is 0.133 e. The first-order valence-electron chi connectivity index (χ1n) is 7.19. The molecule has 0 N–H and O–H groups in total. The van der Waals surface area contributed by atoms with Gasteiger partial charge in [0.15, 0.2) is 0 Å². The lowest BCUT2D eigenvalue weighted by atomic mass is 10.0. The Bertz CT molecular complexity index is 604. The van der Waals surface area contributed by atoms with Gasteiger partial charge in [-0.25, -0.2) is 0 Å². The Morgan fingerprint density at radius 1 is 1.00 bits per heavy atom. The van der Waals surface area contributed by atoms with Crippen LogP contribution >= 0.6 is 0 Å². The fraction of sp³-hybridized carbons (Fsp3) is 0.278. The smallest absolute Gasteiger partial charge is 0.133 e. The maximum absolute atomic E-state index is 6.15. The zero-order chi connectivity index (χ0) is 13.8. The summed E-state index contributed by atoms with van der Waals surface area (Å²) in [7, 11) is 0. The molecule has 0 aromatic heterocycles. The zero-order valence-corrected chi connectivity index (χ0v) is 11.8. The predicted octanol–water partition coefficient (Wildman–Crippen LogP) is 4.36. The average molecular weight is 265 g/mol. The van der Waals surface area contributed by atoms with Crippen molar-refractivity contribution in [3.05, 3.63) is 54.6 Å². The van der Waals surface area contributed by atoms with Crippen molar-refractivity contribution in [3.8, 4) is 16.9 Å². The predicted molar refractivity (Wildman–Crippen MR) is 83.5 cm³/mol. The average Bonchev–Trinajstić information content (AvgIpc) is 3.03. The highest BCUT2D eigenvalue weighted by atomic mass is 16.5. The van der Waals surface area contributed by atoms with E-state index in [0.717, 1.165) is 30.7 Å². The molecule has 0 unspecified atom stereocenters. The summed E-state index contributed by atoms with van der Waals surface area (Å²) in [6, 6.07) is 18.6. The van der Waals surface area contributed by atoms with E-state index in [4.69, 9.17) is 4.74 Å². The molecule has 1 aliphatic rings. The summed E-state index contributed by atoms with van der Waals surface area (Å²) in [5, 5.41) is 0. The molecule has 1 aliphatic heterocycles. The second-order valence-electron chi connectivity index (χ2n) is 5.10. The topological polar surface area (TPSA) is 21.6 Å². The third-order valence-electron chi connectivity index (χ3n) is 3.65. The number of para-hydroxylation sites is 1. The largest absolute Gasteiger partial charge is 0.484 e. The van der Waals surface area contributed by atoms with E-state index in [-0.39, 0.29) is 6.10 Å². The summed E-state index contributed by atoms with van der Waals surface area (Å²) >= 11 is 0. The molecule has 2 heteroatoms. The molecule has 0 spiro atoms. The molecule has 20 heavy (non-hydrogen) atoms. The van der Waals surface area contributed by atoms with Crippen LogP contribution in [0.1, 0.15) is 19.8 Å². The van der Waals surface area contributed by atoms with E-state index in [0.29, 0.717) is 0 Å². The van der Waals surface area contributed by atoms with Gasteiger partial charge in [0.2, 0.25) is 0 Å². The van der Waals surface area contributed by atoms with Crippen LogP contribution in [0, 0.1) is 0 Å². The van der Waals surface area contributed by atoms with Gasteiger partial charge in [0, 0.05) is 12.1 Å². The normalized spacial score (nSPS) is 15.8. The summed E-state index contributed by atoms with van der Waals surface area (Å²) in [6.45, 7) is 3.04. The second kappa shape index (κ2) is 5.91. The van der Waals surface area contributed by atoms with E-state index in [9.17, 15) is 0 Å². The van der Waals surface area contributed by atoms with E-state index in [1.807, 2.05) is 24.3 Å². The molecule has 0 fully saturated rings. The van der Waals surface area contributed by atoms with Crippen LogP contribution in [-0.4, -0.2) is 18.4 Å². The van der Waals surface area contributed by atoms with Crippen molar-refractivity contribution < 1.29 is 4.74 Å². The highest BCUT2D eigenvalue weighted by Gasteiger charge is 2.17. The Labute approximate surface area is 120 Å². The van der Waals surface area contributed by atoms with Gasteiger partial charge in [-0.2, -0.15) is 0 Å². The molecule has 1 heterocycles. The zero-order valence-electron chi connectivity index (χ0n) is 11.8. The van der Waals surface area contributed by atoms with Crippen LogP contribution in [0.15, 0.2) is 59.6 Å². The van der Waals surface area contributed by atoms with Crippen LogP contribution in [0.4, 0.5) is 0 Å². The number of aliphatic imine (C=N–C) groups is 1. The summed E-state index contributed by atoms with van der Waals surface area (Å²) in [6.07, 6.45) is 2.28. The van der Waals surface area contributed by atoms with Crippen LogP contribution in [-0.2, 0) is 0 Å². The standard InChI is InChI=1S/C18H19NO/c1-14(17-11-7-13-19-17)20-18-12-6-5-10-16(18)15-8-3-2-4-9-15/h2-6,8-10,12,14H,7,11,13H2,1H3/t14-/m0/s1. The Balaban J connectivity index is 1.87. The van der Waals surface area contributed by atoms with Crippen molar-refractivity contribution in [2.24, 2.45) is 4.99 Å². The van der Waals surface area contributed by atoms with E-state index < -0.39 is 0 Å². The van der Waals surface area contributed by atoms with Gasteiger partial charge >= 0.3 is 0 Å². The molecular formula is C18H19NO. The molecule has 2 nitrogen and oxygen atoms in total. The van der Waals surface area contributed by atoms with Crippen LogP contribution < -0.4 is 4.74 Å². The Kier molecular flexibility index (Phi) is 3.82. The fourth-order valence-electron chi connectivity index (χ4n) is 2.58. The highest BCUT2D eigenvalue weighted by molar-refractivity contribution is 5.90. The molecule has 0 amide bonds. The summed E-state index contributed by atoms with van der Waals surface area (Å²) in [5.41, 5.74) is 3.51. The van der Waals surface area contributed by atoms with Crippen LogP contribution in [0.25, 0.3) is 11.1 Å². The molecule has 2 aromatic carbocycles. The first-order chi connectivity index (χ1) is 9.84. The van der Waals surface area contributed by atoms with E-state index in [2.05, 4.69) is 42.2 Å². The lowest BCUT2D eigenvalue weighted by Crippen LogP contribution is -2.22. The molecule has 0 radical (unpaired) electrons. The van der Waals surface area contributed by atoms with Crippen LogP contribution in [0.5, 0.6) is 5.75 Å². The second-order valence-corrected chi connectivity index (χ2v) is 5.10. The molecule has 0 saturated carbocycles. The van der Waals surface area contributed by atoms with Gasteiger partial charge in [0.25, 0.3) is 0 Å². The molecule has 2 aromatic rings. The van der Waals surface area contributed by atoms with Gasteiger partial charge in [-0.1, -0.05) is 48.5 Å². The Morgan fingerprint density at radius 3 is 2.50 bits per heavy atom. The fourth-order valence-corrected chi connectivity index (χ4v) is 2.58. The third-order valence-corrected chi connectivity index (χ3v) is 3.65. The Hall–Kier alpha value is -2.09. The quantitative estimate of drug-likeness (QED) is 0.805. The molecule has 1 atom stereocenters. The number of nitrogens with zero attached hydrogens (tertiary/aromatic N) is 1. The first kappa shape index (κ1) is 12.9. The van der Waals surface area contributed by atoms with Crippen LogP contribution in [0.3, 0.4) is 0 Å². The van der Waals surface area contributed by atoms with Gasteiger partial charge in [0.05, 0.1) is 5.71 Å². The van der Waals surface area contributed by atoms with Crippen molar-refractivity contribution in [1.29, 1.82) is 0 Å². The molecule has 3 rings (SSSR count). The van der Waals surface area contributed by atoms with E-state index >= 15 is 0 Å². The van der Waals surface area contributed by atoms with Crippen molar-refractivity contribution in [3.63, 3.8) is 0 Å². The lowest BCUT2D eigenvalue weighted by molar-refractivity contribution is 0.286. The highest BCUT2D eigenvalue weighted by Crippen LogP contribution is 2.30. The van der Waals surface area contributed by atoms with E-state index in [1.165, 1.54) is 11.3 Å². The summed E-state index contributed by atoms with van der Waals surface area (Å²) in [5.74, 6) is 0.931. The van der Waals surface area contributed by atoms with Gasteiger partial charge in [-0.15, -0.1) is 0 Å².